The second-order valence-corrected chi connectivity index (χ2v) is 13.7. The molecule has 0 spiro atoms. The van der Waals surface area contributed by atoms with Gasteiger partial charge in [-0.15, -0.1) is 0 Å². The maximum Gasteiger partial charge on any atom is 0.405 e. The number of ether oxygens (including phenoxy) is 1. The number of carbonyl (C=O) groups excluding carboxylic acids is 2. The predicted molar refractivity (Wildman–Crippen MR) is 194 cm³/mol. The molecule has 4 aromatic rings. The minimum absolute atomic E-state index is 0.0766. The summed E-state index contributed by atoms with van der Waals surface area (Å²) >= 11 is 0. The molecule has 0 aliphatic rings. The van der Waals surface area contributed by atoms with Crippen molar-refractivity contribution in [3.05, 3.63) is 119 Å². The van der Waals surface area contributed by atoms with Crippen molar-refractivity contribution in [2.75, 3.05) is 6.61 Å². The van der Waals surface area contributed by atoms with Gasteiger partial charge < -0.3 is 30.9 Å². The lowest BCUT2D eigenvalue weighted by Gasteiger charge is -2.33. The van der Waals surface area contributed by atoms with Gasteiger partial charge in [-0.2, -0.15) is 0 Å². The molecule has 0 saturated heterocycles. The molecule has 3 aromatic carbocycles. The van der Waals surface area contributed by atoms with E-state index < -0.39 is 47.6 Å². The van der Waals surface area contributed by atoms with E-state index in [1.54, 1.807) is 27.0 Å². The zero-order valence-corrected chi connectivity index (χ0v) is 29.4. The number of aromatic nitrogens is 1. The number of pyridine rings is 1. The van der Waals surface area contributed by atoms with Crippen molar-refractivity contribution < 1.29 is 29.3 Å². The fraction of sp³-hybridized carbons (Fsp3) is 0.350. The van der Waals surface area contributed by atoms with Crippen LogP contribution in [0.5, 0.6) is 5.75 Å². The van der Waals surface area contributed by atoms with Crippen molar-refractivity contribution in [2.45, 2.75) is 78.1 Å². The highest BCUT2D eigenvalue weighted by molar-refractivity contribution is 5.86. The number of rotatable bonds is 15. The molecule has 50 heavy (non-hydrogen) atoms. The largest absolute Gasteiger partial charge is 0.483 e. The van der Waals surface area contributed by atoms with Crippen LogP contribution in [0.3, 0.4) is 0 Å². The number of para-hydroxylation sites is 1. The third-order valence-corrected chi connectivity index (χ3v) is 8.53. The first-order valence-corrected chi connectivity index (χ1v) is 16.8. The van der Waals surface area contributed by atoms with E-state index in [0.717, 1.165) is 33.5 Å². The Morgan fingerprint density at radius 2 is 1.42 bits per heavy atom. The highest BCUT2D eigenvalue weighted by Gasteiger charge is 2.35. The molecule has 264 valence electrons. The van der Waals surface area contributed by atoms with Crippen molar-refractivity contribution >= 4 is 17.9 Å². The Morgan fingerprint density at radius 1 is 0.780 bits per heavy atom. The summed E-state index contributed by atoms with van der Waals surface area (Å²) in [6.45, 7) is 8.93. The maximum atomic E-state index is 13.6. The number of aliphatic hydroxyl groups is 1. The number of nitrogens with zero attached hydrogens (tertiary/aromatic N) is 1. The number of hydrogen-bond acceptors (Lipinski definition) is 6. The fourth-order valence-corrected chi connectivity index (χ4v) is 5.93. The molecule has 0 saturated carbocycles. The summed E-state index contributed by atoms with van der Waals surface area (Å²) in [7, 11) is 0. The van der Waals surface area contributed by atoms with Gasteiger partial charge in [-0.1, -0.05) is 99.6 Å². The van der Waals surface area contributed by atoms with Crippen LogP contribution in [0.2, 0.25) is 0 Å². The van der Waals surface area contributed by atoms with E-state index in [9.17, 15) is 24.6 Å². The van der Waals surface area contributed by atoms with Crippen molar-refractivity contribution in [1.29, 1.82) is 0 Å². The van der Waals surface area contributed by atoms with E-state index in [4.69, 9.17) is 4.74 Å². The molecule has 0 bridgehead atoms. The maximum absolute atomic E-state index is 13.6. The Kier molecular flexibility index (Phi) is 13.1. The number of benzene rings is 3. The molecule has 0 unspecified atom stereocenters. The van der Waals surface area contributed by atoms with Crippen LogP contribution < -0.4 is 20.7 Å². The molecule has 4 rings (SSSR count). The number of amides is 3. The van der Waals surface area contributed by atoms with E-state index in [2.05, 4.69) is 20.9 Å². The first kappa shape index (κ1) is 37.6. The summed E-state index contributed by atoms with van der Waals surface area (Å²) < 4.78 is 5.89. The zero-order valence-electron chi connectivity index (χ0n) is 29.4. The molecule has 0 aliphatic carbocycles. The van der Waals surface area contributed by atoms with Gasteiger partial charge in [0.15, 0.2) is 6.61 Å². The Morgan fingerprint density at radius 3 is 2.02 bits per heavy atom. The number of carbonyl (C=O) groups is 3. The van der Waals surface area contributed by atoms with E-state index in [1.165, 1.54) is 0 Å². The molecule has 0 radical (unpaired) electrons. The van der Waals surface area contributed by atoms with Gasteiger partial charge in [0.05, 0.1) is 17.8 Å². The topological polar surface area (TPSA) is 150 Å². The van der Waals surface area contributed by atoms with Gasteiger partial charge in [-0.05, 0) is 72.9 Å². The molecule has 0 fully saturated rings. The van der Waals surface area contributed by atoms with Crippen LogP contribution in [-0.4, -0.2) is 63.9 Å². The fourth-order valence-electron chi connectivity index (χ4n) is 5.93. The first-order valence-electron chi connectivity index (χ1n) is 16.8. The minimum Gasteiger partial charge on any atom is -0.483 e. The molecular formula is C40H48N4O6. The molecule has 1 aromatic heterocycles. The molecule has 4 atom stereocenters. The van der Waals surface area contributed by atoms with E-state index in [1.807, 2.05) is 105 Å². The summed E-state index contributed by atoms with van der Waals surface area (Å²) in [4.78, 5) is 42.9. The Bertz CT molecular complexity index is 1690. The second-order valence-electron chi connectivity index (χ2n) is 13.7. The summed E-state index contributed by atoms with van der Waals surface area (Å²) in [5.74, 6) is -0.257. The molecule has 1 heterocycles. The monoisotopic (exact) mass is 680 g/mol. The number of aliphatic hydroxyl groups excluding tert-OH is 1. The lowest BCUT2D eigenvalue weighted by atomic mass is 9.85. The molecule has 0 aliphatic heterocycles. The second kappa shape index (κ2) is 17.4. The highest BCUT2D eigenvalue weighted by Crippen LogP contribution is 2.24. The summed E-state index contributed by atoms with van der Waals surface area (Å²) in [5, 5.41) is 29.6. The lowest BCUT2D eigenvalue weighted by molar-refractivity contribution is -0.127. The zero-order chi connectivity index (χ0) is 36.3. The van der Waals surface area contributed by atoms with Gasteiger partial charge in [0.25, 0.3) is 5.91 Å². The van der Waals surface area contributed by atoms with Gasteiger partial charge in [0.2, 0.25) is 5.91 Å². The van der Waals surface area contributed by atoms with Gasteiger partial charge in [0, 0.05) is 17.8 Å². The van der Waals surface area contributed by atoms with E-state index in [-0.39, 0.29) is 13.0 Å². The van der Waals surface area contributed by atoms with Crippen LogP contribution in [0.15, 0.2) is 97.2 Å². The summed E-state index contributed by atoms with van der Waals surface area (Å²) in [5.41, 5.74) is 4.67. The molecule has 5 N–H and O–H groups in total. The Labute approximate surface area is 294 Å². The Hall–Kier alpha value is -5.22. The SMILES string of the molecule is Cc1cccc(C)c1OCC(=O)N[C@@H](Cc1ccccc1)[C@@H](O)C[C@@H](Cc1ccc(-c2ccccn2)cc1)NC(=O)[C@@H](NC(=O)O)C(C)(C)C. The third kappa shape index (κ3) is 11.2. The van der Waals surface area contributed by atoms with Gasteiger partial charge in [0.1, 0.15) is 11.8 Å². The average molecular weight is 681 g/mol. The van der Waals surface area contributed by atoms with Crippen molar-refractivity contribution in [1.82, 2.24) is 20.9 Å². The van der Waals surface area contributed by atoms with Crippen molar-refractivity contribution in [3.63, 3.8) is 0 Å². The number of hydrogen-bond donors (Lipinski definition) is 5. The van der Waals surface area contributed by atoms with Crippen molar-refractivity contribution in [2.24, 2.45) is 5.41 Å². The van der Waals surface area contributed by atoms with E-state index in [0.29, 0.717) is 18.6 Å². The van der Waals surface area contributed by atoms with Crippen LogP contribution in [-0.2, 0) is 22.4 Å². The van der Waals surface area contributed by atoms with Crippen LogP contribution in [0, 0.1) is 19.3 Å². The number of aryl methyl sites for hydroxylation is 2. The highest BCUT2D eigenvalue weighted by atomic mass is 16.5. The predicted octanol–water partition coefficient (Wildman–Crippen LogP) is 5.63. The van der Waals surface area contributed by atoms with Crippen LogP contribution in [0.4, 0.5) is 4.79 Å². The van der Waals surface area contributed by atoms with Gasteiger partial charge >= 0.3 is 6.09 Å². The normalized spacial score (nSPS) is 13.7. The summed E-state index contributed by atoms with van der Waals surface area (Å²) in [6.07, 6.45) is 0.0906. The Balaban J connectivity index is 1.57. The first-order chi connectivity index (χ1) is 23.8. The molecule has 10 nitrogen and oxygen atoms in total. The minimum atomic E-state index is -1.31. The van der Waals surface area contributed by atoms with E-state index >= 15 is 0 Å². The average Bonchev–Trinajstić information content (AvgIpc) is 3.07. The van der Waals surface area contributed by atoms with Gasteiger partial charge in [-0.25, -0.2) is 4.79 Å². The van der Waals surface area contributed by atoms with Crippen LogP contribution in [0.25, 0.3) is 11.3 Å². The van der Waals surface area contributed by atoms with Crippen LogP contribution >= 0.6 is 0 Å². The number of nitrogens with one attached hydrogen (secondary N) is 3. The summed E-state index contributed by atoms with van der Waals surface area (Å²) in [6, 6.07) is 26.4. The van der Waals surface area contributed by atoms with Crippen molar-refractivity contribution in [3.8, 4) is 17.0 Å². The van der Waals surface area contributed by atoms with Gasteiger partial charge in [-0.3, -0.25) is 14.6 Å². The third-order valence-electron chi connectivity index (χ3n) is 8.53. The number of carboxylic acid groups (broad SMARTS) is 1. The molecule has 10 heteroatoms. The smallest absolute Gasteiger partial charge is 0.405 e. The standard InChI is InChI=1S/C40H48N4O6/c1-26-12-11-13-27(2)36(26)50-25-35(46)43-33(23-28-14-7-6-8-15-28)34(45)24-31(42-38(47)37(40(3,4)5)44-39(48)49)22-29-17-19-30(20-18-29)32-16-9-10-21-41-32/h6-21,31,33-34,37,44-45H,22-25H2,1-5H3,(H,42,47)(H,43,46)(H,48,49)/t31-,33+,34+,37-/m1/s1. The quantitative estimate of drug-likeness (QED) is 0.109. The molecule has 3 amide bonds. The van der Waals surface area contributed by atoms with Crippen LogP contribution in [0.1, 0.15) is 49.4 Å². The lowest BCUT2D eigenvalue weighted by Crippen LogP contribution is -2.56. The molecular weight excluding hydrogens is 632 g/mol.